The normalized spacial score (nSPS) is 16.2. The molecule has 1 amide bonds. The lowest BCUT2D eigenvalue weighted by Crippen LogP contribution is -2.40. The van der Waals surface area contributed by atoms with Crippen molar-refractivity contribution in [3.63, 3.8) is 0 Å². The molecule has 158 valence electrons. The largest absolute Gasteiger partial charge is 0.444 e. The van der Waals surface area contributed by atoms with Crippen LogP contribution in [0.25, 0.3) is 11.0 Å². The highest BCUT2D eigenvalue weighted by Gasteiger charge is 2.22. The molecule has 2 aromatic rings. The van der Waals surface area contributed by atoms with Gasteiger partial charge in [0, 0.05) is 24.5 Å². The van der Waals surface area contributed by atoms with Gasteiger partial charge in [0.1, 0.15) is 11.2 Å². The van der Waals surface area contributed by atoms with Gasteiger partial charge in [-0.3, -0.25) is 4.90 Å². The molecule has 1 N–H and O–H groups in total. The van der Waals surface area contributed by atoms with Gasteiger partial charge >= 0.3 is 11.7 Å². The van der Waals surface area contributed by atoms with E-state index in [0.29, 0.717) is 18.0 Å². The number of piperidine rings is 1. The fraction of sp³-hybridized carbons (Fsp3) is 0.565. The van der Waals surface area contributed by atoms with Gasteiger partial charge < -0.3 is 14.5 Å². The van der Waals surface area contributed by atoms with Crippen molar-refractivity contribution in [2.75, 3.05) is 19.6 Å². The predicted octanol–water partition coefficient (Wildman–Crippen LogP) is 4.15. The smallest absolute Gasteiger partial charge is 0.407 e. The van der Waals surface area contributed by atoms with E-state index in [1.54, 1.807) is 6.07 Å². The van der Waals surface area contributed by atoms with Crippen molar-refractivity contribution in [2.45, 2.75) is 59.6 Å². The average Bonchev–Trinajstić information content (AvgIpc) is 2.63. The maximum atomic E-state index is 12.1. The number of carbonyl (C=O) groups excluding carboxylic acids is 1. The van der Waals surface area contributed by atoms with Crippen LogP contribution in [0.5, 0.6) is 0 Å². The summed E-state index contributed by atoms with van der Waals surface area (Å²) in [6.45, 7) is 12.9. The van der Waals surface area contributed by atoms with Gasteiger partial charge in [-0.1, -0.05) is 12.1 Å². The lowest BCUT2D eigenvalue weighted by Gasteiger charge is -2.32. The first-order valence-corrected chi connectivity index (χ1v) is 10.3. The maximum Gasteiger partial charge on any atom is 0.407 e. The van der Waals surface area contributed by atoms with Gasteiger partial charge in [0.2, 0.25) is 0 Å². The Hall–Kier alpha value is -2.34. The molecule has 1 aromatic carbocycles. The minimum Gasteiger partial charge on any atom is -0.444 e. The standard InChI is InChI=1S/C23H32N2O4/c1-15-6-7-19-18(12-20(26)28-21(19)16(15)2)14-25-10-8-17(9-11-25)13-24-22(27)29-23(3,4)5/h6-7,12,17H,8-11,13-14H2,1-5H3,(H,24,27). The Morgan fingerprint density at radius 1 is 1.24 bits per heavy atom. The van der Waals surface area contributed by atoms with E-state index in [4.69, 9.17) is 9.15 Å². The van der Waals surface area contributed by atoms with Gasteiger partial charge in [0.25, 0.3) is 0 Å². The molecular weight excluding hydrogens is 368 g/mol. The SMILES string of the molecule is Cc1ccc2c(CN3CCC(CNC(=O)OC(C)(C)C)CC3)cc(=O)oc2c1C. The van der Waals surface area contributed by atoms with Crippen LogP contribution >= 0.6 is 0 Å². The number of rotatable bonds is 4. The van der Waals surface area contributed by atoms with Gasteiger partial charge in [-0.05, 0) is 83.2 Å². The summed E-state index contributed by atoms with van der Waals surface area (Å²) in [5.74, 6) is 0.446. The van der Waals surface area contributed by atoms with Gasteiger partial charge in [0.05, 0.1) is 0 Å². The van der Waals surface area contributed by atoms with Crippen LogP contribution in [0.2, 0.25) is 0 Å². The first-order valence-electron chi connectivity index (χ1n) is 10.3. The van der Waals surface area contributed by atoms with Crippen molar-refractivity contribution in [3.05, 3.63) is 45.3 Å². The summed E-state index contributed by atoms with van der Waals surface area (Å²) in [5.41, 5.74) is 3.09. The highest BCUT2D eigenvalue weighted by Crippen LogP contribution is 2.25. The zero-order valence-electron chi connectivity index (χ0n) is 18.1. The molecule has 0 aliphatic carbocycles. The number of aryl methyl sites for hydroxylation is 2. The van der Waals surface area contributed by atoms with Crippen molar-refractivity contribution in [2.24, 2.45) is 5.92 Å². The highest BCUT2D eigenvalue weighted by molar-refractivity contribution is 5.83. The zero-order chi connectivity index (χ0) is 21.2. The number of ether oxygens (including phenoxy) is 1. The molecule has 0 unspecified atom stereocenters. The summed E-state index contributed by atoms with van der Waals surface area (Å²) in [6.07, 6.45) is 1.66. The van der Waals surface area contributed by atoms with Crippen molar-refractivity contribution in [3.8, 4) is 0 Å². The molecule has 0 radical (unpaired) electrons. The number of nitrogens with one attached hydrogen (secondary N) is 1. The molecule has 0 spiro atoms. The number of fused-ring (bicyclic) bond motifs is 1. The monoisotopic (exact) mass is 400 g/mol. The molecule has 6 heteroatoms. The van der Waals surface area contributed by atoms with Gasteiger partial charge in [-0.15, -0.1) is 0 Å². The molecule has 6 nitrogen and oxygen atoms in total. The Labute approximate surface area is 172 Å². The molecule has 1 aromatic heterocycles. The lowest BCUT2D eigenvalue weighted by molar-refractivity contribution is 0.0509. The Morgan fingerprint density at radius 3 is 2.59 bits per heavy atom. The molecule has 1 aliphatic heterocycles. The van der Waals surface area contributed by atoms with E-state index in [1.807, 2.05) is 40.7 Å². The molecule has 1 saturated heterocycles. The van der Waals surface area contributed by atoms with Crippen molar-refractivity contribution in [1.82, 2.24) is 10.2 Å². The van der Waals surface area contributed by atoms with Crippen LogP contribution in [0, 0.1) is 19.8 Å². The summed E-state index contributed by atoms with van der Waals surface area (Å²) < 4.78 is 10.8. The third kappa shape index (κ3) is 5.60. The summed E-state index contributed by atoms with van der Waals surface area (Å²) in [5, 5.41) is 3.90. The number of nitrogens with zero attached hydrogens (tertiary/aromatic N) is 1. The van der Waals surface area contributed by atoms with Gasteiger partial charge in [-0.25, -0.2) is 9.59 Å². The lowest BCUT2D eigenvalue weighted by atomic mass is 9.96. The summed E-state index contributed by atoms with van der Waals surface area (Å²) in [4.78, 5) is 26.3. The van der Waals surface area contributed by atoms with Crippen molar-refractivity contribution in [1.29, 1.82) is 0 Å². The molecule has 1 fully saturated rings. The van der Waals surface area contributed by atoms with E-state index < -0.39 is 5.60 Å². The number of amides is 1. The quantitative estimate of drug-likeness (QED) is 0.781. The molecule has 3 rings (SSSR count). The van der Waals surface area contributed by atoms with Crippen LogP contribution in [0.4, 0.5) is 4.79 Å². The van der Waals surface area contributed by atoms with Gasteiger partial charge in [0.15, 0.2) is 0 Å². The van der Waals surface area contributed by atoms with E-state index >= 15 is 0 Å². The van der Waals surface area contributed by atoms with Crippen molar-refractivity contribution < 1.29 is 13.9 Å². The van der Waals surface area contributed by atoms with Crippen molar-refractivity contribution >= 4 is 17.1 Å². The Kier molecular flexibility index (Phi) is 6.32. The second-order valence-corrected chi connectivity index (χ2v) is 9.08. The third-order valence-corrected chi connectivity index (χ3v) is 5.55. The number of hydrogen-bond acceptors (Lipinski definition) is 5. The zero-order valence-corrected chi connectivity index (χ0v) is 18.1. The fourth-order valence-electron chi connectivity index (χ4n) is 3.79. The van der Waals surface area contributed by atoms with Crippen LogP contribution in [0.15, 0.2) is 27.4 Å². The number of likely N-dealkylation sites (tertiary alicyclic amines) is 1. The third-order valence-electron chi connectivity index (χ3n) is 5.55. The van der Waals surface area contributed by atoms with Gasteiger partial charge in [-0.2, -0.15) is 0 Å². The number of hydrogen-bond donors (Lipinski definition) is 1. The van der Waals surface area contributed by atoms with Crippen LogP contribution in [-0.2, 0) is 11.3 Å². The first kappa shape index (κ1) is 21.4. The molecule has 29 heavy (non-hydrogen) atoms. The minimum atomic E-state index is -0.477. The summed E-state index contributed by atoms with van der Waals surface area (Å²) >= 11 is 0. The van der Waals surface area contributed by atoms with E-state index in [0.717, 1.165) is 54.6 Å². The molecule has 0 bridgehead atoms. The van der Waals surface area contributed by atoms with E-state index in [-0.39, 0.29) is 11.7 Å². The molecule has 1 aliphatic rings. The van der Waals surface area contributed by atoms with E-state index in [2.05, 4.69) is 16.3 Å². The minimum absolute atomic E-state index is 0.294. The Morgan fingerprint density at radius 2 is 1.93 bits per heavy atom. The molecule has 2 heterocycles. The van der Waals surface area contributed by atoms with E-state index in [1.165, 1.54) is 0 Å². The summed E-state index contributed by atoms with van der Waals surface area (Å²) in [6, 6.07) is 5.75. The van der Waals surface area contributed by atoms with Crippen LogP contribution in [0.1, 0.15) is 50.3 Å². The number of alkyl carbamates (subject to hydrolysis) is 1. The second-order valence-electron chi connectivity index (χ2n) is 9.08. The van der Waals surface area contributed by atoms with Crippen LogP contribution in [0.3, 0.4) is 0 Å². The molecule has 0 atom stereocenters. The topological polar surface area (TPSA) is 71.8 Å². The maximum absolute atomic E-state index is 12.1. The number of benzene rings is 1. The first-order chi connectivity index (χ1) is 13.6. The predicted molar refractivity (Wildman–Crippen MR) is 114 cm³/mol. The summed E-state index contributed by atoms with van der Waals surface area (Å²) in [7, 11) is 0. The second kappa shape index (κ2) is 8.57. The Bertz CT molecular complexity index is 934. The molecular formula is C23H32N2O4. The molecule has 0 saturated carbocycles. The highest BCUT2D eigenvalue weighted by atomic mass is 16.6. The Balaban J connectivity index is 1.58. The van der Waals surface area contributed by atoms with Crippen LogP contribution in [-0.4, -0.2) is 36.2 Å². The van der Waals surface area contributed by atoms with Crippen LogP contribution < -0.4 is 10.9 Å². The number of carbonyl (C=O) groups is 1. The average molecular weight is 401 g/mol. The van der Waals surface area contributed by atoms with E-state index in [9.17, 15) is 9.59 Å². The fourth-order valence-corrected chi connectivity index (χ4v) is 3.79.